The van der Waals surface area contributed by atoms with Crippen LogP contribution in [0, 0.1) is 0 Å². The van der Waals surface area contributed by atoms with Crippen LogP contribution in [0.5, 0.6) is 0 Å². The van der Waals surface area contributed by atoms with Gasteiger partial charge in [-0.15, -0.1) is 0 Å². The van der Waals surface area contributed by atoms with Crippen LogP contribution >= 0.6 is 0 Å². The van der Waals surface area contributed by atoms with E-state index in [1.54, 1.807) is 39.0 Å². The standard InChI is InChI=1S/C32H42N4O6/c1-32(2,3)42-31(40)36-27(19-13-21-34-30(39)41-23-25-16-9-6-10-17-25)29(38)35-26(18-11-12-20-28(37)33-4)22-24-14-7-5-8-15-24/h5-12,14-18,20,26-27H,13,19,21-23H2,1-4H3,(H,33,37)(H,34,39)(H,35,38)(H,36,40)/b18-11+,20-12+/t26-,27-/m1/s1. The topological polar surface area (TPSA) is 135 Å². The summed E-state index contributed by atoms with van der Waals surface area (Å²) in [6, 6.07) is 17.6. The van der Waals surface area contributed by atoms with Gasteiger partial charge in [-0.1, -0.05) is 78.9 Å². The summed E-state index contributed by atoms with van der Waals surface area (Å²) >= 11 is 0. The Balaban J connectivity index is 2.03. The molecule has 0 heterocycles. The highest BCUT2D eigenvalue weighted by Gasteiger charge is 2.25. The Kier molecular flexibility index (Phi) is 14.4. The number of alkyl carbamates (subject to hydrolysis) is 2. The average Bonchev–Trinajstić information content (AvgIpc) is 2.95. The van der Waals surface area contributed by atoms with Gasteiger partial charge in [0, 0.05) is 19.7 Å². The second kappa shape index (κ2) is 18.0. The van der Waals surface area contributed by atoms with Crippen LogP contribution in [0.2, 0.25) is 0 Å². The fraction of sp³-hybridized carbons (Fsp3) is 0.375. The second-order valence-electron chi connectivity index (χ2n) is 10.5. The first-order valence-corrected chi connectivity index (χ1v) is 13.9. The lowest BCUT2D eigenvalue weighted by atomic mass is 10.0. The van der Waals surface area contributed by atoms with Crippen LogP contribution in [0.25, 0.3) is 0 Å². The second-order valence-corrected chi connectivity index (χ2v) is 10.5. The van der Waals surface area contributed by atoms with Crippen molar-refractivity contribution in [1.29, 1.82) is 0 Å². The highest BCUT2D eigenvalue weighted by atomic mass is 16.6. The number of benzene rings is 2. The lowest BCUT2D eigenvalue weighted by Gasteiger charge is -2.25. The number of likely N-dealkylation sites (N-methyl/N-ethyl adjacent to an activating group) is 1. The normalized spacial score (nSPS) is 12.8. The van der Waals surface area contributed by atoms with Crippen LogP contribution in [-0.4, -0.2) is 55.3 Å². The molecule has 2 aromatic rings. The monoisotopic (exact) mass is 578 g/mol. The molecule has 0 spiro atoms. The van der Waals surface area contributed by atoms with E-state index >= 15 is 0 Å². The summed E-state index contributed by atoms with van der Waals surface area (Å²) in [6.07, 6.45) is 6.25. The minimum absolute atomic E-state index is 0.145. The molecule has 0 aliphatic carbocycles. The largest absolute Gasteiger partial charge is 0.445 e. The van der Waals surface area contributed by atoms with Crippen molar-refractivity contribution in [3.8, 4) is 0 Å². The van der Waals surface area contributed by atoms with Crippen LogP contribution in [-0.2, 0) is 32.1 Å². The Bertz CT molecular complexity index is 1190. The first-order valence-electron chi connectivity index (χ1n) is 13.9. The molecular weight excluding hydrogens is 536 g/mol. The SMILES string of the molecule is CNC(=O)/C=C/C=C/[C@H](Cc1ccccc1)NC(=O)[C@@H](CCCNC(=O)OCc1ccccc1)NC(=O)OC(C)(C)C. The van der Waals surface area contributed by atoms with Gasteiger partial charge in [-0.3, -0.25) is 9.59 Å². The Hall–Kier alpha value is -4.60. The van der Waals surface area contributed by atoms with E-state index in [0.717, 1.165) is 11.1 Å². The van der Waals surface area contributed by atoms with E-state index in [1.165, 1.54) is 13.1 Å². The third-order valence-electron chi connectivity index (χ3n) is 5.73. The Morgan fingerprint density at radius 1 is 0.857 bits per heavy atom. The Labute approximate surface area is 247 Å². The highest BCUT2D eigenvalue weighted by molar-refractivity contribution is 5.87. The number of carbonyl (C=O) groups is 4. The van der Waals surface area contributed by atoms with Crippen LogP contribution < -0.4 is 21.3 Å². The molecular formula is C32H42N4O6. The van der Waals surface area contributed by atoms with E-state index in [0.29, 0.717) is 12.8 Å². The summed E-state index contributed by atoms with van der Waals surface area (Å²) in [5.74, 6) is -0.657. The van der Waals surface area contributed by atoms with Crippen LogP contribution in [0.15, 0.2) is 85.0 Å². The summed E-state index contributed by atoms with van der Waals surface area (Å²) in [4.78, 5) is 49.6. The van der Waals surface area contributed by atoms with Crippen molar-refractivity contribution < 1.29 is 28.7 Å². The zero-order valence-electron chi connectivity index (χ0n) is 24.7. The molecule has 2 rings (SSSR count). The molecule has 10 heteroatoms. The van der Waals surface area contributed by atoms with Crippen molar-refractivity contribution in [3.63, 3.8) is 0 Å². The highest BCUT2D eigenvalue weighted by Crippen LogP contribution is 2.10. The smallest absolute Gasteiger partial charge is 0.408 e. The van der Waals surface area contributed by atoms with Gasteiger partial charge < -0.3 is 30.7 Å². The third-order valence-corrected chi connectivity index (χ3v) is 5.73. The molecule has 2 atom stereocenters. The van der Waals surface area contributed by atoms with Crippen molar-refractivity contribution in [1.82, 2.24) is 21.3 Å². The molecule has 0 aliphatic heterocycles. The van der Waals surface area contributed by atoms with Gasteiger partial charge in [-0.2, -0.15) is 0 Å². The molecule has 0 bridgehead atoms. The molecule has 0 fully saturated rings. The van der Waals surface area contributed by atoms with E-state index in [1.807, 2.05) is 60.7 Å². The summed E-state index contributed by atoms with van der Waals surface area (Å²) < 4.78 is 10.6. The predicted octanol–water partition coefficient (Wildman–Crippen LogP) is 4.17. The number of rotatable bonds is 14. The molecule has 4 amide bonds. The van der Waals surface area contributed by atoms with Crippen molar-refractivity contribution in [2.45, 2.75) is 64.3 Å². The van der Waals surface area contributed by atoms with Gasteiger partial charge in [0.2, 0.25) is 11.8 Å². The Morgan fingerprint density at radius 2 is 1.50 bits per heavy atom. The van der Waals surface area contributed by atoms with Crippen LogP contribution in [0.4, 0.5) is 9.59 Å². The first kappa shape index (κ1) is 33.6. The van der Waals surface area contributed by atoms with Gasteiger partial charge >= 0.3 is 12.2 Å². The molecule has 226 valence electrons. The van der Waals surface area contributed by atoms with Crippen LogP contribution in [0.3, 0.4) is 0 Å². The lowest BCUT2D eigenvalue weighted by Crippen LogP contribution is -2.51. The minimum Gasteiger partial charge on any atom is -0.445 e. The number of nitrogens with one attached hydrogen (secondary N) is 4. The van der Waals surface area contributed by atoms with Crippen molar-refractivity contribution in [2.75, 3.05) is 13.6 Å². The van der Waals surface area contributed by atoms with Gasteiger partial charge in [-0.05, 0) is 51.2 Å². The average molecular weight is 579 g/mol. The molecule has 0 aliphatic rings. The number of carbonyl (C=O) groups excluding carboxylic acids is 4. The molecule has 0 saturated heterocycles. The van der Waals surface area contributed by atoms with E-state index < -0.39 is 35.8 Å². The summed E-state index contributed by atoms with van der Waals surface area (Å²) in [5.41, 5.74) is 1.12. The molecule has 0 aromatic heterocycles. The minimum atomic E-state index is -0.921. The quantitative estimate of drug-likeness (QED) is 0.151. The fourth-order valence-electron chi connectivity index (χ4n) is 3.73. The number of hydrogen-bond donors (Lipinski definition) is 4. The molecule has 0 unspecified atom stereocenters. The van der Waals surface area contributed by atoms with Gasteiger partial charge in [0.05, 0.1) is 6.04 Å². The Morgan fingerprint density at radius 3 is 2.12 bits per heavy atom. The van der Waals surface area contributed by atoms with Crippen molar-refractivity contribution in [2.24, 2.45) is 0 Å². The third kappa shape index (κ3) is 14.7. The van der Waals surface area contributed by atoms with Gasteiger partial charge in [0.15, 0.2) is 0 Å². The van der Waals surface area contributed by atoms with Crippen molar-refractivity contribution >= 4 is 24.0 Å². The summed E-state index contributed by atoms with van der Waals surface area (Å²) in [6.45, 7) is 5.59. The number of ether oxygens (including phenoxy) is 2. The van der Waals surface area contributed by atoms with E-state index in [-0.39, 0.29) is 25.5 Å². The maximum atomic E-state index is 13.4. The van der Waals surface area contributed by atoms with Crippen molar-refractivity contribution in [3.05, 3.63) is 96.1 Å². The molecule has 4 N–H and O–H groups in total. The maximum Gasteiger partial charge on any atom is 0.408 e. The number of amides is 4. The van der Waals surface area contributed by atoms with Crippen LogP contribution in [0.1, 0.15) is 44.7 Å². The fourth-order valence-corrected chi connectivity index (χ4v) is 3.73. The van der Waals surface area contributed by atoms with E-state index in [9.17, 15) is 19.2 Å². The molecule has 0 radical (unpaired) electrons. The zero-order valence-corrected chi connectivity index (χ0v) is 24.7. The van der Waals surface area contributed by atoms with E-state index in [4.69, 9.17) is 9.47 Å². The first-order chi connectivity index (χ1) is 20.1. The molecule has 0 saturated carbocycles. The van der Waals surface area contributed by atoms with Gasteiger partial charge in [0.1, 0.15) is 18.2 Å². The predicted molar refractivity (Wildman–Crippen MR) is 161 cm³/mol. The number of allylic oxidation sites excluding steroid dienone is 2. The zero-order chi connectivity index (χ0) is 30.8. The molecule has 42 heavy (non-hydrogen) atoms. The summed E-state index contributed by atoms with van der Waals surface area (Å²) in [7, 11) is 1.54. The lowest BCUT2D eigenvalue weighted by molar-refractivity contribution is -0.123. The molecule has 2 aromatic carbocycles. The van der Waals surface area contributed by atoms with Gasteiger partial charge in [-0.25, -0.2) is 9.59 Å². The number of hydrogen-bond acceptors (Lipinski definition) is 6. The maximum absolute atomic E-state index is 13.4. The summed E-state index contributed by atoms with van der Waals surface area (Å²) in [5, 5.41) is 10.8. The van der Waals surface area contributed by atoms with Gasteiger partial charge in [0.25, 0.3) is 0 Å². The molecule has 10 nitrogen and oxygen atoms in total. The van der Waals surface area contributed by atoms with E-state index in [2.05, 4.69) is 21.3 Å².